The normalized spacial score (nSPS) is 23.4. The molecule has 1 aliphatic carbocycles. The largest absolute Gasteiger partial charge is 0.465 e. The summed E-state index contributed by atoms with van der Waals surface area (Å²) in [6.07, 6.45) is 4.72. The van der Waals surface area contributed by atoms with Crippen molar-refractivity contribution >= 4 is 10.0 Å². The molecule has 120 valence electrons. The van der Waals surface area contributed by atoms with Gasteiger partial charge < -0.3 is 10.2 Å². The Bertz CT molecular complexity index is 592. The van der Waals surface area contributed by atoms with Crippen molar-refractivity contribution < 1.29 is 12.8 Å². The fourth-order valence-electron chi connectivity index (χ4n) is 3.28. The first-order valence-corrected chi connectivity index (χ1v) is 9.13. The third kappa shape index (κ3) is 3.49. The van der Waals surface area contributed by atoms with E-state index in [1.807, 2.05) is 0 Å². The summed E-state index contributed by atoms with van der Waals surface area (Å²) in [6.45, 7) is 6.29. The van der Waals surface area contributed by atoms with Crippen LogP contribution in [0.3, 0.4) is 0 Å². The second kappa shape index (κ2) is 6.50. The van der Waals surface area contributed by atoms with Crippen LogP contribution in [0.2, 0.25) is 0 Å². The van der Waals surface area contributed by atoms with Gasteiger partial charge in [-0.2, -0.15) is 0 Å². The van der Waals surface area contributed by atoms with E-state index in [1.54, 1.807) is 13.8 Å². The average Bonchev–Trinajstić information content (AvgIpc) is 2.72. The smallest absolute Gasteiger partial charge is 0.244 e. The van der Waals surface area contributed by atoms with Gasteiger partial charge in [0, 0.05) is 18.7 Å². The van der Waals surface area contributed by atoms with Crippen molar-refractivity contribution in [1.82, 2.24) is 4.72 Å². The molecule has 6 heteroatoms. The highest BCUT2D eigenvalue weighted by Gasteiger charge is 2.28. The number of sulfonamides is 1. The van der Waals surface area contributed by atoms with Crippen LogP contribution >= 0.6 is 0 Å². The molecule has 0 radical (unpaired) electrons. The maximum absolute atomic E-state index is 12.6. The van der Waals surface area contributed by atoms with Crippen LogP contribution in [-0.2, 0) is 16.6 Å². The maximum Gasteiger partial charge on any atom is 0.244 e. The minimum absolute atomic E-state index is 0.166. The standard InChI is InChI=1S/C15H26N2O3S/c1-10-6-4-5-7-13(10)9-17-21(18,19)15-12(3)20-11(2)14(15)8-16/h10,13,17H,4-9,16H2,1-3H3. The van der Waals surface area contributed by atoms with Crippen LogP contribution in [0.25, 0.3) is 0 Å². The molecule has 3 N–H and O–H groups in total. The molecule has 0 amide bonds. The second-order valence-corrected chi connectivity index (χ2v) is 7.80. The summed E-state index contributed by atoms with van der Waals surface area (Å²) in [6, 6.07) is 0. The summed E-state index contributed by atoms with van der Waals surface area (Å²) in [5, 5.41) is 0. The SMILES string of the molecule is Cc1oc(C)c(S(=O)(=O)NCC2CCCCC2C)c1CN. The summed E-state index contributed by atoms with van der Waals surface area (Å²) < 4.78 is 33.3. The molecule has 0 aliphatic heterocycles. The van der Waals surface area contributed by atoms with Gasteiger partial charge in [0.1, 0.15) is 16.4 Å². The first-order chi connectivity index (χ1) is 9.86. The Hall–Kier alpha value is -0.850. The molecular formula is C15H26N2O3S. The van der Waals surface area contributed by atoms with Crippen molar-refractivity contribution in [2.24, 2.45) is 17.6 Å². The second-order valence-electron chi connectivity index (χ2n) is 6.10. The lowest BCUT2D eigenvalue weighted by molar-refractivity contribution is 0.257. The fourth-order valence-corrected chi connectivity index (χ4v) is 4.83. The first kappa shape index (κ1) is 16.5. The van der Waals surface area contributed by atoms with Gasteiger partial charge in [-0.05, 0) is 32.1 Å². The lowest BCUT2D eigenvalue weighted by atomic mass is 9.81. The molecule has 0 spiro atoms. The molecule has 21 heavy (non-hydrogen) atoms. The molecule has 2 unspecified atom stereocenters. The van der Waals surface area contributed by atoms with Crippen LogP contribution in [-0.4, -0.2) is 15.0 Å². The van der Waals surface area contributed by atoms with E-state index < -0.39 is 10.0 Å². The molecule has 0 bridgehead atoms. The van der Waals surface area contributed by atoms with E-state index in [2.05, 4.69) is 11.6 Å². The Labute approximate surface area is 127 Å². The van der Waals surface area contributed by atoms with Gasteiger partial charge in [-0.15, -0.1) is 0 Å². The molecule has 0 aromatic carbocycles. The van der Waals surface area contributed by atoms with Crippen molar-refractivity contribution in [3.05, 3.63) is 17.1 Å². The van der Waals surface area contributed by atoms with E-state index in [4.69, 9.17) is 10.2 Å². The van der Waals surface area contributed by atoms with Crippen molar-refractivity contribution in [3.8, 4) is 0 Å². The van der Waals surface area contributed by atoms with Crippen LogP contribution in [0, 0.1) is 25.7 Å². The zero-order chi connectivity index (χ0) is 15.6. The monoisotopic (exact) mass is 314 g/mol. The predicted octanol–water partition coefficient (Wildman–Crippen LogP) is 2.46. The highest BCUT2D eigenvalue weighted by molar-refractivity contribution is 7.89. The van der Waals surface area contributed by atoms with Crippen LogP contribution < -0.4 is 10.5 Å². The molecule has 1 saturated carbocycles. The van der Waals surface area contributed by atoms with E-state index in [-0.39, 0.29) is 11.4 Å². The molecule has 1 aliphatic rings. The van der Waals surface area contributed by atoms with Crippen LogP contribution in [0.4, 0.5) is 0 Å². The summed E-state index contributed by atoms with van der Waals surface area (Å²) in [5.74, 6) is 1.99. The summed E-state index contributed by atoms with van der Waals surface area (Å²) in [4.78, 5) is 0.228. The minimum Gasteiger partial charge on any atom is -0.465 e. The van der Waals surface area contributed by atoms with E-state index in [0.717, 1.165) is 6.42 Å². The fraction of sp³-hybridized carbons (Fsp3) is 0.733. The van der Waals surface area contributed by atoms with Crippen molar-refractivity contribution in [1.29, 1.82) is 0 Å². The summed E-state index contributed by atoms with van der Waals surface area (Å²) >= 11 is 0. The number of hydrogen-bond donors (Lipinski definition) is 2. The van der Waals surface area contributed by atoms with Gasteiger partial charge in [-0.1, -0.05) is 26.2 Å². The lowest BCUT2D eigenvalue weighted by Crippen LogP contribution is -2.34. The topological polar surface area (TPSA) is 85.3 Å². The number of furan rings is 1. The number of nitrogens with one attached hydrogen (secondary N) is 1. The molecule has 0 saturated heterocycles. The Balaban J connectivity index is 2.15. The van der Waals surface area contributed by atoms with Gasteiger partial charge in [-0.3, -0.25) is 0 Å². The number of rotatable bonds is 5. The summed E-state index contributed by atoms with van der Waals surface area (Å²) in [5.41, 5.74) is 6.25. The minimum atomic E-state index is -3.56. The first-order valence-electron chi connectivity index (χ1n) is 7.65. The predicted molar refractivity (Wildman–Crippen MR) is 82.4 cm³/mol. The number of hydrogen-bond acceptors (Lipinski definition) is 4. The van der Waals surface area contributed by atoms with Gasteiger partial charge in [0.15, 0.2) is 0 Å². The van der Waals surface area contributed by atoms with E-state index >= 15 is 0 Å². The van der Waals surface area contributed by atoms with Gasteiger partial charge >= 0.3 is 0 Å². The number of nitrogens with two attached hydrogens (primary N) is 1. The molecule has 1 heterocycles. The van der Waals surface area contributed by atoms with Crippen LogP contribution in [0.1, 0.15) is 49.7 Å². The third-order valence-corrected chi connectivity index (χ3v) is 6.24. The quantitative estimate of drug-likeness (QED) is 0.874. The molecule has 1 fully saturated rings. The summed E-state index contributed by atoms with van der Waals surface area (Å²) in [7, 11) is -3.56. The van der Waals surface area contributed by atoms with Crippen molar-refractivity contribution in [3.63, 3.8) is 0 Å². The van der Waals surface area contributed by atoms with Crippen molar-refractivity contribution in [2.75, 3.05) is 6.54 Å². The van der Waals surface area contributed by atoms with Gasteiger partial charge in [0.25, 0.3) is 0 Å². The Morgan fingerprint density at radius 3 is 2.52 bits per heavy atom. The van der Waals surface area contributed by atoms with Gasteiger partial charge in [-0.25, -0.2) is 13.1 Å². The molecule has 5 nitrogen and oxygen atoms in total. The van der Waals surface area contributed by atoms with Gasteiger partial charge in [0.05, 0.1) is 0 Å². The Morgan fingerprint density at radius 1 is 1.24 bits per heavy atom. The lowest BCUT2D eigenvalue weighted by Gasteiger charge is -2.28. The van der Waals surface area contributed by atoms with E-state index in [9.17, 15) is 8.42 Å². The third-order valence-electron chi connectivity index (χ3n) is 4.62. The highest BCUT2D eigenvalue weighted by atomic mass is 32.2. The van der Waals surface area contributed by atoms with Crippen molar-refractivity contribution in [2.45, 2.75) is 57.9 Å². The molecule has 2 atom stereocenters. The highest BCUT2D eigenvalue weighted by Crippen LogP contribution is 2.30. The number of aryl methyl sites for hydroxylation is 2. The van der Waals surface area contributed by atoms with Gasteiger partial charge in [0.2, 0.25) is 10.0 Å². The Kier molecular flexibility index (Phi) is 5.11. The molecular weight excluding hydrogens is 288 g/mol. The van der Waals surface area contributed by atoms with Crippen LogP contribution in [0.5, 0.6) is 0 Å². The molecule has 1 aromatic heterocycles. The van der Waals surface area contributed by atoms with Crippen LogP contribution in [0.15, 0.2) is 9.31 Å². The molecule has 2 rings (SSSR count). The van der Waals surface area contributed by atoms with E-state index in [0.29, 0.717) is 35.5 Å². The average molecular weight is 314 g/mol. The zero-order valence-electron chi connectivity index (χ0n) is 13.1. The zero-order valence-corrected chi connectivity index (χ0v) is 13.9. The maximum atomic E-state index is 12.6. The van der Waals surface area contributed by atoms with E-state index in [1.165, 1.54) is 19.3 Å². The molecule has 1 aromatic rings. The Morgan fingerprint density at radius 2 is 1.90 bits per heavy atom.